The maximum absolute atomic E-state index is 6.10. The number of ether oxygens (including phenoxy) is 2. The molecule has 0 fully saturated rings. The zero-order valence-corrected chi connectivity index (χ0v) is 17.6. The minimum absolute atomic E-state index is 0.435. The molecule has 1 aromatic carbocycles. The van der Waals surface area contributed by atoms with E-state index in [1.54, 1.807) is 0 Å². The van der Waals surface area contributed by atoms with Crippen LogP contribution in [0.1, 0.15) is 79.1 Å². The van der Waals surface area contributed by atoms with Gasteiger partial charge < -0.3 is 14.8 Å². The van der Waals surface area contributed by atoms with Crippen LogP contribution >= 0.6 is 0 Å². The summed E-state index contributed by atoms with van der Waals surface area (Å²) in [6.07, 6.45) is 9.70. The zero-order valence-electron chi connectivity index (χ0n) is 17.6. The smallest absolute Gasteiger partial charge is 0.168 e. The monoisotopic (exact) mass is 363 g/mol. The number of hydrogen-bond acceptors (Lipinski definition) is 3. The van der Waals surface area contributed by atoms with Crippen molar-refractivity contribution in [3.8, 4) is 0 Å². The summed E-state index contributed by atoms with van der Waals surface area (Å²) in [5.74, 6) is 0.116. The standard InChI is InChI=1S/C23H41NO2/c1-5-9-10-11-13-16-21(20-24-22-17-14-12-15-18-22)19-23(6-2,25-7-3)26-8-4/h12,14-15,17-18,21,24H,5-11,13,16,19-20H2,1-4H3. The second-order valence-electron chi connectivity index (χ2n) is 7.15. The van der Waals surface area contributed by atoms with Crippen molar-refractivity contribution in [2.45, 2.75) is 84.8 Å². The third kappa shape index (κ3) is 9.05. The molecule has 1 N–H and O–H groups in total. The molecular formula is C23H41NO2. The molecule has 0 aliphatic heterocycles. The fraction of sp³-hybridized carbons (Fsp3) is 0.739. The molecule has 1 atom stereocenters. The molecule has 3 nitrogen and oxygen atoms in total. The highest BCUT2D eigenvalue weighted by Gasteiger charge is 2.32. The summed E-state index contributed by atoms with van der Waals surface area (Å²) < 4.78 is 12.2. The number of nitrogens with one attached hydrogen (secondary N) is 1. The van der Waals surface area contributed by atoms with E-state index < -0.39 is 5.79 Å². The van der Waals surface area contributed by atoms with Crippen LogP contribution in [-0.2, 0) is 9.47 Å². The zero-order chi connectivity index (χ0) is 19.1. The van der Waals surface area contributed by atoms with Crippen LogP contribution in [-0.4, -0.2) is 25.5 Å². The Kier molecular flexibility index (Phi) is 12.4. The SMILES string of the molecule is CCCCCCCC(CNc1ccccc1)CC(CC)(OCC)OCC. The van der Waals surface area contributed by atoms with Gasteiger partial charge in [-0.1, -0.05) is 64.2 Å². The van der Waals surface area contributed by atoms with Crippen LogP contribution in [0.4, 0.5) is 5.69 Å². The summed E-state index contributed by atoms with van der Waals surface area (Å²) in [4.78, 5) is 0. The number of rotatable bonds is 16. The Morgan fingerprint density at radius 2 is 1.54 bits per heavy atom. The van der Waals surface area contributed by atoms with Gasteiger partial charge in [0.05, 0.1) is 0 Å². The Labute approximate surface area is 161 Å². The van der Waals surface area contributed by atoms with Gasteiger partial charge in [-0.05, 0) is 44.7 Å². The molecular weight excluding hydrogens is 322 g/mol. The predicted molar refractivity (Wildman–Crippen MR) is 113 cm³/mol. The number of para-hydroxylation sites is 1. The quantitative estimate of drug-likeness (QED) is 0.263. The van der Waals surface area contributed by atoms with Crippen molar-refractivity contribution in [3.63, 3.8) is 0 Å². The number of hydrogen-bond donors (Lipinski definition) is 1. The molecule has 0 aromatic heterocycles. The van der Waals surface area contributed by atoms with E-state index in [1.165, 1.54) is 44.2 Å². The summed E-state index contributed by atoms with van der Waals surface area (Å²) in [5.41, 5.74) is 1.19. The van der Waals surface area contributed by atoms with Crippen LogP contribution in [0.2, 0.25) is 0 Å². The Balaban J connectivity index is 2.66. The van der Waals surface area contributed by atoms with Gasteiger partial charge in [-0.2, -0.15) is 0 Å². The molecule has 1 unspecified atom stereocenters. The van der Waals surface area contributed by atoms with Crippen molar-refractivity contribution in [1.29, 1.82) is 0 Å². The topological polar surface area (TPSA) is 30.5 Å². The van der Waals surface area contributed by atoms with Crippen LogP contribution in [0, 0.1) is 5.92 Å². The Bertz CT molecular complexity index is 429. The predicted octanol–water partition coefficient (Wildman–Crippen LogP) is 6.64. The lowest BCUT2D eigenvalue weighted by Crippen LogP contribution is -2.39. The molecule has 0 saturated heterocycles. The van der Waals surface area contributed by atoms with E-state index in [1.807, 2.05) is 0 Å². The largest absolute Gasteiger partial charge is 0.385 e. The first-order valence-corrected chi connectivity index (χ1v) is 10.8. The normalized spacial score (nSPS) is 12.9. The summed E-state index contributed by atoms with van der Waals surface area (Å²) in [6, 6.07) is 10.5. The third-order valence-electron chi connectivity index (χ3n) is 5.04. The average molecular weight is 364 g/mol. The minimum atomic E-state index is -0.435. The van der Waals surface area contributed by atoms with Crippen molar-refractivity contribution >= 4 is 5.69 Å². The summed E-state index contributed by atoms with van der Waals surface area (Å²) in [7, 11) is 0. The first-order chi connectivity index (χ1) is 12.7. The van der Waals surface area contributed by atoms with E-state index in [9.17, 15) is 0 Å². The van der Waals surface area contributed by atoms with Crippen molar-refractivity contribution in [2.24, 2.45) is 5.92 Å². The maximum atomic E-state index is 6.10. The molecule has 0 heterocycles. The first kappa shape index (κ1) is 23.0. The van der Waals surface area contributed by atoms with Crippen molar-refractivity contribution in [1.82, 2.24) is 0 Å². The van der Waals surface area contributed by atoms with E-state index in [-0.39, 0.29) is 0 Å². The molecule has 1 aromatic rings. The van der Waals surface area contributed by atoms with Gasteiger partial charge in [0.1, 0.15) is 0 Å². The first-order valence-electron chi connectivity index (χ1n) is 10.8. The van der Waals surface area contributed by atoms with Crippen molar-refractivity contribution in [2.75, 3.05) is 25.1 Å². The summed E-state index contributed by atoms with van der Waals surface area (Å²) >= 11 is 0. The molecule has 1 rings (SSSR count). The van der Waals surface area contributed by atoms with E-state index in [4.69, 9.17) is 9.47 Å². The molecule has 0 aliphatic rings. The average Bonchev–Trinajstić information content (AvgIpc) is 2.67. The molecule has 150 valence electrons. The number of anilines is 1. The van der Waals surface area contributed by atoms with Crippen LogP contribution in [0.5, 0.6) is 0 Å². The summed E-state index contributed by atoms with van der Waals surface area (Å²) in [5, 5.41) is 3.62. The van der Waals surface area contributed by atoms with E-state index in [0.717, 1.165) is 19.4 Å². The fourth-order valence-electron chi connectivity index (χ4n) is 3.60. The lowest BCUT2D eigenvalue weighted by atomic mass is 9.91. The van der Waals surface area contributed by atoms with Crippen molar-refractivity contribution < 1.29 is 9.47 Å². The third-order valence-corrected chi connectivity index (χ3v) is 5.04. The van der Waals surface area contributed by atoms with Gasteiger partial charge in [0.2, 0.25) is 0 Å². The Morgan fingerprint density at radius 1 is 0.885 bits per heavy atom. The highest BCUT2D eigenvalue weighted by Crippen LogP contribution is 2.30. The fourth-order valence-corrected chi connectivity index (χ4v) is 3.60. The highest BCUT2D eigenvalue weighted by atomic mass is 16.7. The van der Waals surface area contributed by atoms with E-state index in [2.05, 4.69) is 63.3 Å². The van der Waals surface area contributed by atoms with Gasteiger partial charge in [-0.3, -0.25) is 0 Å². The molecule has 26 heavy (non-hydrogen) atoms. The van der Waals surface area contributed by atoms with Crippen LogP contribution in [0.15, 0.2) is 30.3 Å². The van der Waals surface area contributed by atoms with Gasteiger partial charge in [0, 0.05) is 31.9 Å². The molecule has 0 aliphatic carbocycles. The van der Waals surface area contributed by atoms with Gasteiger partial charge in [-0.15, -0.1) is 0 Å². The van der Waals surface area contributed by atoms with Gasteiger partial charge >= 0.3 is 0 Å². The Morgan fingerprint density at radius 3 is 2.12 bits per heavy atom. The van der Waals surface area contributed by atoms with Gasteiger partial charge in [0.25, 0.3) is 0 Å². The highest BCUT2D eigenvalue weighted by molar-refractivity contribution is 5.42. The molecule has 0 spiro atoms. The lowest BCUT2D eigenvalue weighted by Gasteiger charge is -2.35. The summed E-state index contributed by atoms with van der Waals surface area (Å²) in [6.45, 7) is 10.9. The molecule has 0 radical (unpaired) electrons. The number of unbranched alkanes of at least 4 members (excludes halogenated alkanes) is 4. The Hall–Kier alpha value is -1.06. The molecule has 0 saturated carbocycles. The second kappa shape index (κ2) is 14.1. The van der Waals surface area contributed by atoms with E-state index in [0.29, 0.717) is 19.1 Å². The molecule has 3 heteroatoms. The van der Waals surface area contributed by atoms with E-state index >= 15 is 0 Å². The minimum Gasteiger partial charge on any atom is -0.385 e. The van der Waals surface area contributed by atoms with Crippen LogP contribution < -0.4 is 5.32 Å². The van der Waals surface area contributed by atoms with Crippen LogP contribution in [0.25, 0.3) is 0 Å². The number of benzene rings is 1. The second-order valence-corrected chi connectivity index (χ2v) is 7.15. The molecule has 0 amide bonds. The van der Waals surface area contributed by atoms with Crippen molar-refractivity contribution in [3.05, 3.63) is 30.3 Å². The van der Waals surface area contributed by atoms with Crippen LogP contribution in [0.3, 0.4) is 0 Å². The lowest BCUT2D eigenvalue weighted by molar-refractivity contribution is -0.244. The molecule has 0 bridgehead atoms. The van der Waals surface area contributed by atoms with Gasteiger partial charge in [0.15, 0.2) is 5.79 Å². The van der Waals surface area contributed by atoms with Gasteiger partial charge in [-0.25, -0.2) is 0 Å². The maximum Gasteiger partial charge on any atom is 0.168 e.